The van der Waals surface area contributed by atoms with Gasteiger partial charge >= 0.3 is 0 Å². The Morgan fingerprint density at radius 1 is 1.08 bits per heavy atom. The molecule has 2 aromatic heterocycles. The third kappa shape index (κ3) is 5.64. The van der Waals surface area contributed by atoms with Crippen LogP contribution in [0.3, 0.4) is 0 Å². The summed E-state index contributed by atoms with van der Waals surface area (Å²) in [5.74, 6) is 1.26. The van der Waals surface area contributed by atoms with E-state index in [1.54, 1.807) is 18.3 Å². The molecule has 0 bridgehead atoms. The average molecular weight is 551 g/mol. The van der Waals surface area contributed by atoms with E-state index >= 15 is 0 Å². The molecule has 1 amide bonds. The molecule has 9 heteroatoms. The van der Waals surface area contributed by atoms with E-state index in [9.17, 15) is 4.79 Å². The Kier molecular flexibility index (Phi) is 7.46. The molecule has 6 nitrogen and oxygen atoms in total. The molecule has 188 valence electrons. The fourth-order valence-corrected chi connectivity index (χ4v) is 4.98. The lowest BCUT2D eigenvalue weighted by atomic mass is 10.0. The number of furan rings is 1. The molecular formula is C28H24Cl2N4O2S. The lowest BCUT2D eigenvalue weighted by Crippen LogP contribution is -2.32. The molecule has 0 radical (unpaired) electrons. The molecule has 0 unspecified atom stereocenters. The number of thiocarbonyl (C=S) groups is 1. The minimum absolute atomic E-state index is 0.0948. The van der Waals surface area contributed by atoms with Crippen molar-refractivity contribution in [1.82, 2.24) is 15.2 Å². The van der Waals surface area contributed by atoms with Crippen molar-refractivity contribution >= 4 is 52.1 Å². The van der Waals surface area contributed by atoms with E-state index in [0.29, 0.717) is 33.2 Å². The molecule has 37 heavy (non-hydrogen) atoms. The Morgan fingerprint density at radius 3 is 2.62 bits per heavy atom. The number of aryl methyl sites for hydroxylation is 1. The fourth-order valence-electron chi connectivity index (χ4n) is 4.35. The van der Waals surface area contributed by atoms with Crippen LogP contribution in [0.1, 0.15) is 35.5 Å². The molecule has 5 rings (SSSR count). The number of amides is 1. The van der Waals surface area contributed by atoms with Gasteiger partial charge in [0.15, 0.2) is 5.11 Å². The number of aromatic nitrogens is 1. The normalized spacial score (nSPS) is 17.1. The van der Waals surface area contributed by atoms with Gasteiger partial charge in [-0.15, -0.1) is 0 Å². The lowest BCUT2D eigenvalue weighted by Gasteiger charge is -2.25. The molecule has 3 heterocycles. The Bertz CT molecular complexity index is 1430. The number of nitrogens with one attached hydrogen (secondary N) is 2. The first-order chi connectivity index (χ1) is 17.9. The first-order valence-corrected chi connectivity index (χ1v) is 13.0. The van der Waals surface area contributed by atoms with Gasteiger partial charge in [-0.25, -0.2) is 0 Å². The zero-order chi connectivity index (χ0) is 25.9. The van der Waals surface area contributed by atoms with E-state index in [1.165, 1.54) is 0 Å². The molecular weight excluding hydrogens is 527 g/mol. The maximum Gasteiger partial charge on any atom is 0.226 e. The van der Waals surface area contributed by atoms with Crippen LogP contribution in [0.25, 0.3) is 11.3 Å². The minimum Gasteiger partial charge on any atom is -0.459 e. The third-order valence-electron chi connectivity index (χ3n) is 6.24. The van der Waals surface area contributed by atoms with E-state index in [1.807, 2.05) is 72.5 Å². The van der Waals surface area contributed by atoms with Crippen LogP contribution in [-0.2, 0) is 4.79 Å². The summed E-state index contributed by atoms with van der Waals surface area (Å²) in [4.78, 5) is 19.3. The summed E-state index contributed by atoms with van der Waals surface area (Å²) in [5.41, 5.74) is 3.54. The molecule has 2 atom stereocenters. The maximum absolute atomic E-state index is 12.7. The number of halogens is 2. The zero-order valence-corrected chi connectivity index (χ0v) is 22.3. The summed E-state index contributed by atoms with van der Waals surface area (Å²) in [6, 6.07) is 22.1. The van der Waals surface area contributed by atoms with Crippen molar-refractivity contribution in [3.05, 3.63) is 106 Å². The van der Waals surface area contributed by atoms with Crippen LogP contribution in [0.2, 0.25) is 10.0 Å². The van der Waals surface area contributed by atoms with Gasteiger partial charge in [0.2, 0.25) is 5.91 Å². The van der Waals surface area contributed by atoms with Crippen molar-refractivity contribution in [1.29, 1.82) is 0 Å². The highest BCUT2D eigenvalue weighted by Crippen LogP contribution is 2.41. The average Bonchev–Trinajstić information content (AvgIpc) is 3.51. The zero-order valence-electron chi connectivity index (χ0n) is 19.9. The van der Waals surface area contributed by atoms with Gasteiger partial charge in [-0.2, -0.15) is 0 Å². The smallest absolute Gasteiger partial charge is 0.226 e. The molecule has 0 spiro atoms. The van der Waals surface area contributed by atoms with Crippen LogP contribution in [-0.4, -0.2) is 27.4 Å². The maximum atomic E-state index is 12.7. The first kappa shape index (κ1) is 25.3. The van der Waals surface area contributed by atoms with Gasteiger partial charge in [0.25, 0.3) is 0 Å². The van der Waals surface area contributed by atoms with Crippen molar-refractivity contribution in [3.8, 4) is 11.3 Å². The summed E-state index contributed by atoms with van der Waals surface area (Å²) in [6.07, 6.45) is 2.00. The van der Waals surface area contributed by atoms with Crippen molar-refractivity contribution in [2.75, 3.05) is 11.9 Å². The van der Waals surface area contributed by atoms with Gasteiger partial charge in [0.1, 0.15) is 17.6 Å². The quantitative estimate of drug-likeness (QED) is 0.242. The number of hydrogen-bond acceptors (Lipinski definition) is 4. The predicted octanol–water partition coefficient (Wildman–Crippen LogP) is 6.96. The summed E-state index contributed by atoms with van der Waals surface area (Å²) in [6.45, 7) is 2.41. The van der Waals surface area contributed by atoms with Gasteiger partial charge in [-0.1, -0.05) is 47.0 Å². The van der Waals surface area contributed by atoms with E-state index < -0.39 is 0 Å². The highest BCUT2D eigenvalue weighted by Gasteiger charge is 2.41. The molecule has 4 aromatic rings. The van der Waals surface area contributed by atoms with Crippen LogP contribution in [0.4, 0.5) is 5.69 Å². The highest BCUT2D eigenvalue weighted by atomic mass is 35.5. The number of rotatable bonds is 7. The fraction of sp³-hybridized carbons (Fsp3) is 0.179. The van der Waals surface area contributed by atoms with Crippen LogP contribution < -0.4 is 10.6 Å². The van der Waals surface area contributed by atoms with Gasteiger partial charge in [0.05, 0.1) is 21.8 Å². The van der Waals surface area contributed by atoms with Gasteiger partial charge in [-0.05, 0) is 73.7 Å². The number of anilines is 1. The Hall–Kier alpha value is -3.39. The second-order valence-electron chi connectivity index (χ2n) is 8.82. The van der Waals surface area contributed by atoms with Crippen molar-refractivity contribution < 1.29 is 9.21 Å². The molecule has 1 saturated heterocycles. The minimum atomic E-state index is -0.300. The number of carbonyl (C=O) groups excluding carboxylic acids is 1. The summed E-state index contributed by atoms with van der Waals surface area (Å²) < 4.78 is 6.32. The van der Waals surface area contributed by atoms with Crippen molar-refractivity contribution in [2.45, 2.75) is 25.4 Å². The summed E-state index contributed by atoms with van der Waals surface area (Å²) in [7, 11) is 0. The molecule has 2 aromatic carbocycles. The molecule has 0 aliphatic carbocycles. The number of nitrogens with zero attached hydrogens (tertiary/aromatic N) is 2. The Labute approximate surface area is 230 Å². The van der Waals surface area contributed by atoms with Crippen molar-refractivity contribution in [3.63, 3.8) is 0 Å². The van der Waals surface area contributed by atoms with Gasteiger partial charge < -0.3 is 20.0 Å². The van der Waals surface area contributed by atoms with E-state index in [0.717, 1.165) is 22.5 Å². The second-order valence-corrected chi connectivity index (χ2v) is 10.0. The number of benzene rings is 2. The SMILES string of the molecule is Cc1ccc(NC(=O)CCN2C(=S)N[C@@H](c3ccccn3)[C@@H]2c2ccc(-c3ccc(Cl)c(Cl)c3)o2)cc1. The molecule has 1 fully saturated rings. The Morgan fingerprint density at radius 2 is 1.89 bits per heavy atom. The predicted molar refractivity (Wildman–Crippen MR) is 151 cm³/mol. The van der Waals surface area contributed by atoms with E-state index in [-0.39, 0.29) is 24.4 Å². The van der Waals surface area contributed by atoms with E-state index in [4.69, 9.17) is 39.8 Å². The molecule has 1 aliphatic rings. The highest BCUT2D eigenvalue weighted by molar-refractivity contribution is 7.80. The van der Waals surface area contributed by atoms with E-state index in [2.05, 4.69) is 15.6 Å². The van der Waals surface area contributed by atoms with Crippen LogP contribution in [0.15, 0.2) is 83.4 Å². The monoisotopic (exact) mass is 550 g/mol. The number of carbonyl (C=O) groups is 1. The summed E-state index contributed by atoms with van der Waals surface area (Å²) >= 11 is 18.0. The van der Waals surface area contributed by atoms with Crippen LogP contribution >= 0.6 is 35.4 Å². The number of pyridine rings is 1. The summed E-state index contributed by atoms with van der Waals surface area (Å²) in [5, 5.41) is 7.80. The third-order valence-corrected chi connectivity index (χ3v) is 7.33. The standard InChI is InChI=1S/C28H24Cl2N4O2S/c1-17-5-8-19(9-6-17)32-25(35)13-15-34-27(26(33-28(34)37)22-4-2-3-14-31-22)24-12-11-23(36-24)18-7-10-20(29)21(30)16-18/h2-12,14,16,26-27H,13,15H2,1H3,(H,32,35)(H,33,37)/t26-,27-/m0/s1. The van der Waals surface area contributed by atoms with Crippen LogP contribution in [0, 0.1) is 6.92 Å². The second kappa shape index (κ2) is 10.9. The number of hydrogen-bond donors (Lipinski definition) is 2. The topological polar surface area (TPSA) is 70.4 Å². The lowest BCUT2D eigenvalue weighted by molar-refractivity contribution is -0.116. The van der Waals surface area contributed by atoms with Crippen molar-refractivity contribution in [2.24, 2.45) is 0 Å². The largest absolute Gasteiger partial charge is 0.459 e. The molecule has 2 N–H and O–H groups in total. The first-order valence-electron chi connectivity index (χ1n) is 11.8. The molecule has 0 saturated carbocycles. The molecule has 1 aliphatic heterocycles. The van der Waals surface area contributed by atoms with Gasteiger partial charge in [-0.3, -0.25) is 9.78 Å². The van der Waals surface area contributed by atoms with Crippen LogP contribution in [0.5, 0.6) is 0 Å². The van der Waals surface area contributed by atoms with Gasteiger partial charge in [0, 0.05) is 30.4 Å². The Balaban J connectivity index is 1.40.